The summed E-state index contributed by atoms with van der Waals surface area (Å²) in [5.74, 6) is -7.84. The van der Waals surface area contributed by atoms with Gasteiger partial charge >= 0.3 is 29.8 Å². The number of hydrogen-bond acceptors (Lipinski definition) is 12. The van der Waals surface area contributed by atoms with Gasteiger partial charge in [-0.3, -0.25) is 38.7 Å². The fraction of sp³-hybridized carbons (Fsp3) is 0.731. The zero-order chi connectivity index (χ0) is 34.4. The average molecular weight is 650 g/mol. The summed E-state index contributed by atoms with van der Waals surface area (Å²) in [6.45, 7) is -2.46. The van der Waals surface area contributed by atoms with Crippen LogP contribution in [0.2, 0.25) is 0 Å². The van der Waals surface area contributed by atoms with Crippen molar-refractivity contribution in [2.45, 2.75) is 50.6 Å². The molecule has 0 saturated heterocycles. The Morgan fingerprint density at radius 1 is 0.489 bits per heavy atom. The number of carboxylic acid groups (broad SMARTS) is 5. The zero-order valence-electron chi connectivity index (χ0n) is 25.3. The van der Waals surface area contributed by atoms with Crippen LogP contribution in [0, 0.1) is 0 Å². The van der Waals surface area contributed by atoms with Crippen LogP contribution in [0.3, 0.4) is 0 Å². The van der Waals surface area contributed by atoms with E-state index in [1.54, 1.807) is 0 Å². The Labute approximate surface area is 260 Å². The van der Waals surface area contributed by atoms with E-state index in [9.17, 15) is 59.1 Å². The van der Waals surface area contributed by atoms with Crippen molar-refractivity contribution in [2.24, 2.45) is 11.5 Å². The summed E-state index contributed by atoms with van der Waals surface area (Å²) in [6.07, 6.45) is 2.26. The molecule has 2 amide bonds. The number of unbranched alkanes of at least 4 members (excludes halogenated alkanes) is 2. The molecule has 0 saturated carbocycles. The molecular weight excluding hydrogens is 602 g/mol. The van der Waals surface area contributed by atoms with Gasteiger partial charge in [-0.25, -0.2) is 9.59 Å². The van der Waals surface area contributed by atoms with Gasteiger partial charge in [0.1, 0.15) is 12.1 Å². The Morgan fingerprint density at radius 3 is 1.09 bits per heavy atom. The van der Waals surface area contributed by atoms with Gasteiger partial charge in [-0.2, -0.15) is 0 Å². The highest BCUT2D eigenvalue weighted by molar-refractivity contribution is 5.85. The summed E-state index contributed by atoms with van der Waals surface area (Å²) in [5.41, 5.74) is 10.8. The molecular formula is C26H47N7O12. The molecule has 0 aromatic carbocycles. The van der Waals surface area contributed by atoms with Crippen LogP contribution >= 0.6 is 0 Å². The lowest BCUT2D eigenvalue weighted by Crippen LogP contribution is -2.50. The molecule has 0 aromatic heterocycles. The summed E-state index contributed by atoms with van der Waals surface area (Å²) >= 11 is 0. The Morgan fingerprint density at radius 2 is 0.800 bits per heavy atom. The first-order valence-corrected chi connectivity index (χ1v) is 14.4. The lowest BCUT2D eigenvalue weighted by atomic mass is 10.1. The van der Waals surface area contributed by atoms with Crippen LogP contribution in [0.5, 0.6) is 0 Å². The van der Waals surface area contributed by atoms with Crippen molar-refractivity contribution in [3.63, 3.8) is 0 Å². The number of hydrogen-bond donors (Lipinski definition) is 9. The van der Waals surface area contributed by atoms with E-state index in [2.05, 4.69) is 10.6 Å². The van der Waals surface area contributed by atoms with E-state index in [1.807, 2.05) is 0 Å². The Hall–Kier alpha value is -3.91. The normalized spacial score (nSPS) is 12.6. The predicted molar refractivity (Wildman–Crippen MR) is 157 cm³/mol. The minimum atomic E-state index is -1.29. The standard InChI is InChI=1S/C26H47N7O12/c27-7-3-1-5-18(25(42)43)29-20(34)13-32(16-23(38)39)11-9-31(15-22(36)37)10-12-33(17-24(40)41)14-21(35)30-19(26(44)45)6-2-4-8-28/h18-19H,1-17,27-28H2,(H,29,34)(H,30,35)(H,36,37)(H,38,39)(H,40,41)(H,42,43)(H,44,45)/t18-,19-/m0/s1. The molecule has 0 aliphatic rings. The number of nitrogens with one attached hydrogen (secondary N) is 2. The summed E-state index contributed by atoms with van der Waals surface area (Å²) in [6, 6.07) is -2.40. The van der Waals surface area contributed by atoms with Crippen LogP contribution in [0.4, 0.5) is 0 Å². The van der Waals surface area contributed by atoms with E-state index in [4.69, 9.17) is 11.5 Å². The van der Waals surface area contributed by atoms with E-state index >= 15 is 0 Å². The van der Waals surface area contributed by atoms with Crippen molar-refractivity contribution in [1.29, 1.82) is 0 Å². The number of aliphatic carboxylic acids is 5. The van der Waals surface area contributed by atoms with Gasteiger partial charge in [0.2, 0.25) is 11.8 Å². The third kappa shape index (κ3) is 21.4. The molecule has 2 atom stereocenters. The van der Waals surface area contributed by atoms with Gasteiger partial charge in [-0.15, -0.1) is 0 Å². The third-order valence-electron chi connectivity index (χ3n) is 6.44. The Kier molecular flexibility index (Phi) is 21.4. The molecule has 0 radical (unpaired) electrons. The quantitative estimate of drug-likeness (QED) is 0.0372. The van der Waals surface area contributed by atoms with Crippen LogP contribution in [0.25, 0.3) is 0 Å². The van der Waals surface area contributed by atoms with E-state index < -0.39 is 86.5 Å². The van der Waals surface area contributed by atoms with Gasteiger partial charge < -0.3 is 47.6 Å². The summed E-state index contributed by atoms with van der Waals surface area (Å²) < 4.78 is 0. The molecule has 45 heavy (non-hydrogen) atoms. The molecule has 19 heteroatoms. The van der Waals surface area contributed by atoms with Crippen LogP contribution in [0.15, 0.2) is 0 Å². The number of rotatable bonds is 28. The molecule has 0 spiro atoms. The third-order valence-corrected chi connectivity index (χ3v) is 6.44. The molecule has 0 rings (SSSR count). The second-order valence-electron chi connectivity index (χ2n) is 10.4. The van der Waals surface area contributed by atoms with Crippen molar-refractivity contribution in [3.05, 3.63) is 0 Å². The second kappa shape index (κ2) is 23.5. The highest BCUT2D eigenvalue weighted by atomic mass is 16.4. The molecule has 0 aliphatic heterocycles. The molecule has 19 nitrogen and oxygen atoms in total. The van der Waals surface area contributed by atoms with Crippen LogP contribution < -0.4 is 22.1 Å². The Balaban J connectivity index is 5.39. The fourth-order valence-electron chi connectivity index (χ4n) is 4.22. The zero-order valence-corrected chi connectivity index (χ0v) is 25.3. The summed E-state index contributed by atoms with van der Waals surface area (Å²) in [5, 5.41) is 51.4. The van der Waals surface area contributed by atoms with Crippen LogP contribution in [0.1, 0.15) is 38.5 Å². The van der Waals surface area contributed by atoms with E-state index in [0.717, 1.165) is 0 Å². The Bertz CT molecular complexity index is 916. The number of nitrogens with two attached hydrogens (primary N) is 2. The lowest BCUT2D eigenvalue weighted by Gasteiger charge is -2.28. The second-order valence-corrected chi connectivity index (χ2v) is 10.4. The van der Waals surface area contributed by atoms with Gasteiger partial charge in [-0.1, -0.05) is 0 Å². The van der Waals surface area contributed by atoms with Crippen LogP contribution in [-0.4, -0.2) is 166 Å². The highest BCUT2D eigenvalue weighted by Crippen LogP contribution is 2.03. The molecule has 0 fully saturated rings. The van der Waals surface area contributed by atoms with Gasteiger partial charge in [0.15, 0.2) is 0 Å². The summed E-state index contributed by atoms with van der Waals surface area (Å²) in [7, 11) is 0. The minimum Gasteiger partial charge on any atom is -0.480 e. The van der Waals surface area contributed by atoms with Crippen molar-refractivity contribution < 1.29 is 59.1 Å². The number of nitrogens with zero attached hydrogens (tertiary/aromatic N) is 3. The van der Waals surface area contributed by atoms with Crippen molar-refractivity contribution in [1.82, 2.24) is 25.3 Å². The predicted octanol–water partition coefficient (Wildman–Crippen LogP) is -3.46. The molecule has 258 valence electrons. The monoisotopic (exact) mass is 649 g/mol. The minimum absolute atomic E-state index is 0.0823. The van der Waals surface area contributed by atoms with Gasteiger partial charge in [0.25, 0.3) is 0 Å². The largest absolute Gasteiger partial charge is 0.480 e. The van der Waals surface area contributed by atoms with E-state index in [0.29, 0.717) is 38.8 Å². The first-order chi connectivity index (χ1) is 21.2. The maximum atomic E-state index is 12.5. The first-order valence-electron chi connectivity index (χ1n) is 14.4. The maximum Gasteiger partial charge on any atom is 0.326 e. The van der Waals surface area contributed by atoms with E-state index in [1.165, 1.54) is 14.7 Å². The maximum absolute atomic E-state index is 12.5. The van der Waals surface area contributed by atoms with Crippen LogP contribution in [-0.2, 0) is 33.6 Å². The SMILES string of the molecule is NCCCC[C@H](NC(=O)CN(CCN(CCN(CC(=O)O)CC(=O)N[C@@H](CCCCN)C(=O)O)CC(=O)O)CC(=O)O)C(=O)O. The van der Waals surface area contributed by atoms with Crippen molar-refractivity contribution in [2.75, 3.05) is 72.0 Å². The van der Waals surface area contributed by atoms with Gasteiger partial charge in [0.05, 0.1) is 32.7 Å². The molecule has 0 aromatic rings. The highest BCUT2D eigenvalue weighted by Gasteiger charge is 2.24. The molecule has 11 N–H and O–H groups in total. The molecule has 0 heterocycles. The summed E-state index contributed by atoms with van der Waals surface area (Å²) in [4.78, 5) is 86.1. The topological polar surface area (TPSA) is 306 Å². The van der Waals surface area contributed by atoms with Gasteiger partial charge in [0, 0.05) is 26.2 Å². The van der Waals surface area contributed by atoms with Gasteiger partial charge in [-0.05, 0) is 51.6 Å². The number of amides is 2. The molecule has 0 aliphatic carbocycles. The fourth-order valence-corrected chi connectivity index (χ4v) is 4.22. The lowest BCUT2D eigenvalue weighted by molar-refractivity contribution is -0.143. The molecule has 0 unspecified atom stereocenters. The smallest absolute Gasteiger partial charge is 0.326 e. The van der Waals surface area contributed by atoms with Crippen molar-refractivity contribution >= 4 is 41.7 Å². The number of carbonyl (C=O) groups is 7. The number of carbonyl (C=O) groups excluding carboxylic acids is 2. The molecule has 0 bridgehead atoms. The number of carboxylic acids is 5. The first kappa shape index (κ1) is 41.1. The van der Waals surface area contributed by atoms with Crippen molar-refractivity contribution in [3.8, 4) is 0 Å². The van der Waals surface area contributed by atoms with E-state index in [-0.39, 0.29) is 39.0 Å². The average Bonchev–Trinajstić information content (AvgIpc) is 2.92.